The second-order valence-electron chi connectivity index (χ2n) is 2.60. The Morgan fingerprint density at radius 1 is 1.23 bits per heavy atom. The van der Waals surface area contributed by atoms with Gasteiger partial charge in [0.2, 0.25) is 0 Å². The van der Waals surface area contributed by atoms with Gasteiger partial charge >= 0.3 is 0 Å². The van der Waals surface area contributed by atoms with Gasteiger partial charge in [-0.1, -0.05) is 43.7 Å². The molecule has 0 N–H and O–H groups in total. The minimum Gasteiger partial charge on any atom is -0.545 e. The van der Waals surface area contributed by atoms with Crippen LogP contribution in [0.1, 0.15) is 26.2 Å². The lowest BCUT2D eigenvalue weighted by atomic mass is 10.2. The number of carboxylic acid groups (broad SMARTS) is 1. The number of carbonyl (C=O) groups is 1. The zero-order valence-corrected chi connectivity index (χ0v) is 7.90. The lowest BCUT2D eigenvalue weighted by Crippen LogP contribution is -2.18. The Balaban J connectivity index is 3.47. The Bertz CT molecular complexity index is 212. The Morgan fingerprint density at radius 2 is 2.00 bits per heavy atom. The van der Waals surface area contributed by atoms with Crippen molar-refractivity contribution in [2.75, 3.05) is 0 Å². The number of rotatable bonds is 6. The molecule has 2 nitrogen and oxygen atoms in total. The Morgan fingerprint density at radius 3 is 2.62 bits per heavy atom. The first-order valence-electron chi connectivity index (χ1n) is 4.46. The summed E-state index contributed by atoms with van der Waals surface area (Å²) in [6.45, 7) is 2.13. The predicted molar refractivity (Wildman–Crippen MR) is 52.0 cm³/mol. The van der Waals surface area contributed by atoms with Crippen molar-refractivity contribution in [1.29, 1.82) is 0 Å². The van der Waals surface area contributed by atoms with Crippen molar-refractivity contribution < 1.29 is 9.90 Å². The van der Waals surface area contributed by atoms with Gasteiger partial charge in [-0.25, -0.2) is 0 Å². The summed E-state index contributed by atoms with van der Waals surface area (Å²) in [6.07, 6.45) is 13.3. The highest BCUT2D eigenvalue weighted by Gasteiger charge is 1.72. The average Bonchev–Trinajstić information content (AvgIpc) is 2.09. The van der Waals surface area contributed by atoms with Crippen LogP contribution in [0.5, 0.6) is 0 Å². The van der Waals surface area contributed by atoms with Crippen molar-refractivity contribution in [2.45, 2.75) is 26.2 Å². The number of aliphatic carboxylic acids is 1. The highest BCUT2D eigenvalue weighted by Crippen LogP contribution is 1.92. The van der Waals surface area contributed by atoms with Gasteiger partial charge in [-0.05, 0) is 18.9 Å². The first-order chi connectivity index (χ1) is 6.27. The fraction of sp³-hybridized carbons (Fsp3) is 0.364. The summed E-state index contributed by atoms with van der Waals surface area (Å²) in [7, 11) is 0. The summed E-state index contributed by atoms with van der Waals surface area (Å²) < 4.78 is 0. The molecule has 0 spiro atoms. The molecule has 0 aromatic heterocycles. The van der Waals surface area contributed by atoms with E-state index < -0.39 is 5.97 Å². The summed E-state index contributed by atoms with van der Waals surface area (Å²) in [5.41, 5.74) is 0. The molecule has 72 valence electrons. The van der Waals surface area contributed by atoms with Crippen LogP contribution in [0.3, 0.4) is 0 Å². The molecule has 0 aromatic carbocycles. The molecule has 0 heterocycles. The van der Waals surface area contributed by atoms with E-state index in [9.17, 15) is 9.90 Å². The van der Waals surface area contributed by atoms with Crippen LogP contribution >= 0.6 is 0 Å². The molecule has 0 amide bonds. The van der Waals surface area contributed by atoms with Gasteiger partial charge in [-0.2, -0.15) is 0 Å². The van der Waals surface area contributed by atoms with Gasteiger partial charge < -0.3 is 9.90 Å². The third-order valence-electron chi connectivity index (χ3n) is 1.37. The smallest absolute Gasteiger partial charge is 0.0642 e. The molecule has 0 aliphatic rings. The average molecular weight is 179 g/mol. The Hall–Kier alpha value is -1.31. The van der Waals surface area contributed by atoms with Crippen molar-refractivity contribution in [1.82, 2.24) is 0 Å². The third-order valence-corrected chi connectivity index (χ3v) is 1.37. The largest absolute Gasteiger partial charge is 0.545 e. The van der Waals surface area contributed by atoms with Crippen LogP contribution in [0, 0.1) is 0 Å². The molecule has 0 atom stereocenters. The molecule has 0 radical (unpaired) electrons. The number of hydrogen-bond acceptors (Lipinski definition) is 2. The van der Waals surface area contributed by atoms with Crippen molar-refractivity contribution in [2.24, 2.45) is 0 Å². The standard InChI is InChI=1S/C11H16O2/c1-2-3-4-5-6-7-8-9-10-11(12)13/h4-5,7-10H,2-3,6H2,1H3,(H,12,13)/p-1/b5-4+,8-7+,10-9+. The van der Waals surface area contributed by atoms with E-state index in [1.165, 1.54) is 6.08 Å². The Labute approximate surface area is 79.3 Å². The van der Waals surface area contributed by atoms with E-state index in [0.717, 1.165) is 25.3 Å². The van der Waals surface area contributed by atoms with Crippen LogP contribution in [-0.4, -0.2) is 5.97 Å². The molecule has 0 aliphatic heterocycles. The summed E-state index contributed by atoms with van der Waals surface area (Å²) in [5, 5.41) is 9.93. The third kappa shape index (κ3) is 10.7. The number of carboxylic acids is 1. The van der Waals surface area contributed by atoms with Crippen molar-refractivity contribution in [3.8, 4) is 0 Å². The van der Waals surface area contributed by atoms with E-state index in [0.29, 0.717) is 0 Å². The first-order valence-corrected chi connectivity index (χ1v) is 4.46. The molecule has 2 heteroatoms. The van der Waals surface area contributed by atoms with E-state index in [4.69, 9.17) is 0 Å². The van der Waals surface area contributed by atoms with E-state index >= 15 is 0 Å². The summed E-state index contributed by atoms with van der Waals surface area (Å²) >= 11 is 0. The molecular formula is C11H15O2-. The maximum atomic E-state index is 9.93. The van der Waals surface area contributed by atoms with Gasteiger partial charge in [0.1, 0.15) is 0 Å². The van der Waals surface area contributed by atoms with Crippen LogP contribution in [0.15, 0.2) is 36.5 Å². The number of unbranched alkanes of at least 4 members (excludes halogenated alkanes) is 1. The van der Waals surface area contributed by atoms with E-state index in [1.54, 1.807) is 6.08 Å². The van der Waals surface area contributed by atoms with E-state index in [2.05, 4.69) is 19.1 Å². The number of carbonyl (C=O) groups excluding carboxylic acids is 1. The molecule has 0 aromatic rings. The zero-order valence-electron chi connectivity index (χ0n) is 7.90. The molecule has 0 unspecified atom stereocenters. The quantitative estimate of drug-likeness (QED) is 0.353. The highest BCUT2D eigenvalue weighted by molar-refractivity contribution is 5.77. The Kier molecular flexibility index (Phi) is 7.90. The van der Waals surface area contributed by atoms with Crippen molar-refractivity contribution >= 4 is 5.97 Å². The van der Waals surface area contributed by atoms with Crippen molar-refractivity contribution in [3.05, 3.63) is 36.5 Å². The molecule has 0 saturated carbocycles. The normalized spacial score (nSPS) is 12.1. The van der Waals surface area contributed by atoms with Gasteiger partial charge in [-0.3, -0.25) is 0 Å². The second-order valence-corrected chi connectivity index (χ2v) is 2.60. The SMILES string of the molecule is CCC/C=C/C/C=C/C=C/C(=O)[O-]. The van der Waals surface area contributed by atoms with Crippen LogP contribution in [0.2, 0.25) is 0 Å². The molecule has 0 fully saturated rings. The van der Waals surface area contributed by atoms with Crippen LogP contribution < -0.4 is 5.11 Å². The first kappa shape index (κ1) is 11.7. The van der Waals surface area contributed by atoms with Gasteiger partial charge in [0.15, 0.2) is 0 Å². The van der Waals surface area contributed by atoms with Gasteiger partial charge in [0.25, 0.3) is 0 Å². The van der Waals surface area contributed by atoms with E-state index in [-0.39, 0.29) is 0 Å². The number of hydrogen-bond donors (Lipinski definition) is 0. The minimum absolute atomic E-state index is 0.845. The fourth-order valence-corrected chi connectivity index (χ4v) is 0.751. The molecule has 0 bridgehead atoms. The van der Waals surface area contributed by atoms with Crippen LogP contribution in [0.25, 0.3) is 0 Å². The summed E-state index contributed by atoms with van der Waals surface area (Å²) in [6, 6.07) is 0. The second kappa shape index (κ2) is 8.78. The number of allylic oxidation sites excluding steroid dienone is 5. The minimum atomic E-state index is -1.16. The molecule has 13 heavy (non-hydrogen) atoms. The maximum Gasteiger partial charge on any atom is 0.0642 e. The molecule has 0 aliphatic carbocycles. The summed E-state index contributed by atoms with van der Waals surface area (Å²) in [5.74, 6) is -1.16. The lowest BCUT2D eigenvalue weighted by molar-refractivity contribution is -0.297. The topological polar surface area (TPSA) is 40.1 Å². The van der Waals surface area contributed by atoms with E-state index in [1.807, 2.05) is 6.08 Å². The highest BCUT2D eigenvalue weighted by atomic mass is 16.4. The van der Waals surface area contributed by atoms with Crippen LogP contribution in [-0.2, 0) is 4.79 Å². The monoisotopic (exact) mass is 179 g/mol. The molecule has 0 saturated heterocycles. The lowest BCUT2D eigenvalue weighted by Gasteiger charge is -1.86. The van der Waals surface area contributed by atoms with Crippen molar-refractivity contribution in [3.63, 3.8) is 0 Å². The van der Waals surface area contributed by atoms with Crippen LogP contribution in [0.4, 0.5) is 0 Å². The predicted octanol–water partition coefficient (Wildman–Crippen LogP) is 1.60. The zero-order chi connectivity index (χ0) is 9.94. The summed E-state index contributed by atoms with van der Waals surface area (Å²) in [4.78, 5) is 9.93. The van der Waals surface area contributed by atoms with Gasteiger partial charge in [0, 0.05) is 0 Å². The fourth-order valence-electron chi connectivity index (χ4n) is 0.751. The van der Waals surface area contributed by atoms with Gasteiger partial charge in [0.05, 0.1) is 5.97 Å². The van der Waals surface area contributed by atoms with Gasteiger partial charge in [-0.15, -0.1) is 0 Å². The molecular weight excluding hydrogens is 164 g/mol. The molecule has 0 rings (SSSR count). The maximum absolute atomic E-state index is 9.93.